The molecule has 2 heterocycles. The minimum Gasteiger partial charge on any atom is -0.399 e. The Morgan fingerprint density at radius 3 is 2.90 bits per heavy atom. The highest BCUT2D eigenvalue weighted by atomic mass is 16.2. The van der Waals surface area contributed by atoms with Gasteiger partial charge in [0.2, 0.25) is 5.95 Å². The first-order chi connectivity index (χ1) is 10.1. The van der Waals surface area contributed by atoms with Crippen molar-refractivity contribution in [3.05, 3.63) is 36.0 Å². The summed E-state index contributed by atoms with van der Waals surface area (Å²) in [6.45, 7) is 0.483. The Balaban J connectivity index is 2.17. The summed E-state index contributed by atoms with van der Waals surface area (Å²) in [5, 5.41) is 2.89. The second kappa shape index (κ2) is 4.93. The Labute approximate surface area is 122 Å². The first-order valence-electron chi connectivity index (χ1n) is 6.54. The molecule has 7 heteroatoms. The zero-order valence-corrected chi connectivity index (χ0v) is 11.9. The molecule has 0 aliphatic carbocycles. The molecule has 1 aliphatic rings. The Morgan fingerprint density at radius 1 is 1.38 bits per heavy atom. The minimum absolute atomic E-state index is 0.145. The van der Waals surface area contributed by atoms with Crippen molar-refractivity contribution in [1.82, 2.24) is 14.9 Å². The average Bonchev–Trinajstić information content (AvgIpc) is 2.48. The Morgan fingerprint density at radius 2 is 2.19 bits per heavy atom. The van der Waals surface area contributed by atoms with E-state index in [2.05, 4.69) is 15.3 Å². The minimum atomic E-state index is -0.145. The third kappa shape index (κ3) is 2.22. The first-order valence-corrected chi connectivity index (χ1v) is 6.54. The highest BCUT2D eigenvalue weighted by molar-refractivity contribution is 6.01. The topological polar surface area (TPSA) is 87.4 Å². The Kier molecular flexibility index (Phi) is 3.09. The smallest absolute Gasteiger partial charge is 0.330 e. The normalized spacial score (nSPS) is 14.1. The predicted octanol–water partition coefficient (Wildman–Crippen LogP) is 1.80. The van der Waals surface area contributed by atoms with Gasteiger partial charge in [0.05, 0.1) is 12.2 Å². The van der Waals surface area contributed by atoms with Crippen molar-refractivity contribution in [2.75, 3.05) is 30.0 Å². The van der Waals surface area contributed by atoms with Crippen LogP contribution in [-0.4, -0.2) is 35.0 Å². The van der Waals surface area contributed by atoms with Crippen LogP contribution in [0.15, 0.2) is 30.5 Å². The lowest BCUT2D eigenvalue weighted by molar-refractivity contribution is 0.213. The van der Waals surface area contributed by atoms with Crippen molar-refractivity contribution in [3.63, 3.8) is 0 Å². The lowest BCUT2D eigenvalue weighted by atomic mass is 10.2. The molecular weight excluding hydrogens is 268 g/mol. The Hall–Kier alpha value is -2.83. The van der Waals surface area contributed by atoms with E-state index >= 15 is 0 Å². The van der Waals surface area contributed by atoms with E-state index in [1.54, 1.807) is 42.2 Å². The summed E-state index contributed by atoms with van der Waals surface area (Å²) >= 11 is 0. The predicted molar refractivity (Wildman–Crippen MR) is 81.4 cm³/mol. The van der Waals surface area contributed by atoms with Crippen molar-refractivity contribution < 1.29 is 4.79 Å². The summed E-state index contributed by atoms with van der Waals surface area (Å²) in [6, 6.07) is 7.03. The number of fused-ring (bicyclic) bond motifs is 1. The molecule has 1 aromatic heterocycles. The molecule has 1 aliphatic heterocycles. The maximum absolute atomic E-state index is 12.5. The summed E-state index contributed by atoms with van der Waals surface area (Å²) < 4.78 is 0. The van der Waals surface area contributed by atoms with Crippen LogP contribution >= 0.6 is 0 Å². The van der Waals surface area contributed by atoms with Gasteiger partial charge in [-0.05, 0) is 18.2 Å². The number of rotatable bonds is 2. The van der Waals surface area contributed by atoms with E-state index in [0.29, 0.717) is 29.7 Å². The molecule has 7 nitrogen and oxygen atoms in total. The van der Waals surface area contributed by atoms with E-state index in [4.69, 9.17) is 5.73 Å². The molecule has 0 bridgehead atoms. The highest BCUT2D eigenvalue weighted by Crippen LogP contribution is 2.33. The van der Waals surface area contributed by atoms with Gasteiger partial charge in [-0.25, -0.2) is 14.7 Å². The molecule has 2 amide bonds. The molecule has 0 radical (unpaired) electrons. The molecule has 0 spiro atoms. The van der Waals surface area contributed by atoms with E-state index in [9.17, 15) is 4.79 Å². The van der Waals surface area contributed by atoms with Crippen molar-refractivity contribution in [2.24, 2.45) is 0 Å². The number of hydrogen-bond acceptors (Lipinski definition) is 5. The lowest BCUT2D eigenvalue weighted by Gasteiger charge is -2.34. The van der Waals surface area contributed by atoms with Gasteiger partial charge in [-0.2, -0.15) is 4.98 Å². The molecule has 0 saturated heterocycles. The van der Waals surface area contributed by atoms with Crippen molar-refractivity contribution in [1.29, 1.82) is 0 Å². The number of urea groups is 1. The number of nitrogens with zero attached hydrogens (tertiary/aromatic N) is 4. The van der Waals surface area contributed by atoms with Gasteiger partial charge in [0.15, 0.2) is 5.82 Å². The second-order valence-electron chi connectivity index (χ2n) is 4.86. The van der Waals surface area contributed by atoms with Crippen LogP contribution in [0.4, 0.5) is 27.9 Å². The van der Waals surface area contributed by atoms with Crippen molar-refractivity contribution in [3.8, 4) is 0 Å². The van der Waals surface area contributed by atoms with Crippen LogP contribution in [0.3, 0.4) is 0 Å². The van der Waals surface area contributed by atoms with E-state index in [-0.39, 0.29) is 6.03 Å². The van der Waals surface area contributed by atoms with Gasteiger partial charge in [-0.3, -0.25) is 0 Å². The third-order valence-corrected chi connectivity index (χ3v) is 3.33. The van der Waals surface area contributed by atoms with E-state index in [0.717, 1.165) is 5.56 Å². The van der Waals surface area contributed by atoms with Crippen LogP contribution in [-0.2, 0) is 6.54 Å². The highest BCUT2D eigenvalue weighted by Gasteiger charge is 2.31. The van der Waals surface area contributed by atoms with Crippen LogP contribution in [0.25, 0.3) is 0 Å². The number of amides is 2. The summed E-state index contributed by atoms with van der Waals surface area (Å²) in [7, 11) is 3.49. The standard InChI is InChI=1S/C14H16N6O/c1-16-13-17-7-9-8-19(2)14(21)20(12(9)18-13)11-5-3-4-10(15)6-11/h3-7H,8,15H2,1-2H3,(H,16,17,18). The average molecular weight is 284 g/mol. The number of nitrogens with one attached hydrogen (secondary N) is 1. The third-order valence-electron chi connectivity index (χ3n) is 3.33. The number of nitrogens with two attached hydrogens (primary N) is 1. The summed E-state index contributed by atoms with van der Waals surface area (Å²) in [5.41, 5.74) is 8.00. The van der Waals surface area contributed by atoms with Crippen LogP contribution in [0.5, 0.6) is 0 Å². The van der Waals surface area contributed by atoms with Gasteiger partial charge < -0.3 is 16.0 Å². The largest absolute Gasteiger partial charge is 0.399 e. The molecule has 2 aromatic rings. The number of aromatic nitrogens is 2. The number of anilines is 4. The summed E-state index contributed by atoms with van der Waals surface area (Å²) in [6.07, 6.45) is 1.73. The number of nitrogen functional groups attached to an aromatic ring is 1. The Bertz CT molecular complexity index is 702. The second-order valence-corrected chi connectivity index (χ2v) is 4.86. The van der Waals surface area contributed by atoms with Crippen molar-refractivity contribution >= 4 is 29.2 Å². The fourth-order valence-corrected chi connectivity index (χ4v) is 2.30. The van der Waals surface area contributed by atoms with Gasteiger partial charge in [-0.1, -0.05) is 6.07 Å². The van der Waals surface area contributed by atoms with E-state index < -0.39 is 0 Å². The van der Waals surface area contributed by atoms with Gasteiger partial charge in [0.25, 0.3) is 0 Å². The molecule has 3 N–H and O–H groups in total. The van der Waals surface area contributed by atoms with Crippen LogP contribution in [0.2, 0.25) is 0 Å². The van der Waals surface area contributed by atoms with Crippen LogP contribution < -0.4 is 16.0 Å². The van der Waals surface area contributed by atoms with E-state index in [1.165, 1.54) is 0 Å². The molecule has 3 rings (SSSR count). The monoisotopic (exact) mass is 284 g/mol. The van der Waals surface area contributed by atoms with Gasteiger partial charge >= 0.3 is 6.03 Å². The zero-order chi connectivity index (χ0) is 15.0. The molecule has 108 valence electrons. The quantitative estimate of drug-likeness (QED) is 0.821. The molecule has 0 saturated carbocycles. The van der Waals surface area contributed by atoms with Gasteiger partial charge in [-0.15, -0.1) is 0 Å². The molecule has 0 atom stereocenters. The van der Waals surface area contributed by atoms with Gasteiger partial charge in [0, 0.05) is 31.5 Å². The SMILES string of the molecule is CNc1ncc2c(n1)N(c1cccc(N)c1)C(=O)N(C)C2. The van der Waals surface area contributed by atoms with Gasteiger partial charge in [0.1, 0.15) is 0 Å². The lowest BCUT2D eigenvalue weighted by Crippen LogP contribution is -2.43. The number of carbonyl (C=O) groups is 1. The fourth-order valence-electron chi connectivity index (χ4n) is 2.30. The number of benzene rings is 1. The van der Waals surface area contributed by atoms with E-state index in [1.807, 2.05) is 12.1 Å². The molecular formula is C14H16N6O. The molecule has 1 aromatic carbocycles. The van der Waals surface area contributed by atoms with Crippen LogP contribution in [0, 0.1) is 0 Å². The summed E-state index contributed by atoms with van der Waals surface area (Å²) in [5.74, 6) is 1.06. The molecule has 21 heavy (non-hydrogen) atoms. The molecule has 0 fully saturated rings. The molecule has 0 unspecified atom stereocenters. The first kappa shape index (κ1) is 13.2. The van der Waals surface area contributed by atoms with Crippen molar-refractivity contribution in [2.45, 2.75) is 6.54 Å². The number of carbonyl (C=O) groups excluding carboxylic acids is 1. The summed E-state index contributed by atoms with van der Waals surface area (Å²) in [4.78, 5) is 24.3. The number of hydrogen-bond donors (Lipinski definition) is 2. The fraction of sp³-hybridized carbons (Fsp3) is 0.214. The zero-order valence-electron chi connectivity index (χ0n) is 11.9. The maximum atomic E-state index is 12.5. The van der Waals surface area contributed by atoms with Crippen LogP contribution in [0.1, 0.15) is 5.56 Å². The maximum Gasteiger partial charge on any atom is 0.330 e.